The second-order valence-corrected chi connectivity index (χ2v) is 9.58. The zero-order valence-electron chi connectivity index (χ0n) is 22.0. The van der Waals surface area contributed by atoms with Gasteiger partial charge < -0.3 is 20.4 Å². The molecule has 4 rings (SSSR count). The maximum Gasteiger partial charge on any atom is 0.306 e. The second kappa shape index (κ2) is 11.0. The Bertz CT molecular complexity index is 1290. The fourth-order valence-corrected chi connectivity index (χ4v) is 5.26. The lowest BCUT2D eigenvalue weighted by Crippen LogP contribution is -2.39. The number of hydrogen-bond acceptors (Lipinski definition) is 6. The van der Waals surface area contributed by atoms with Crippen LogP contribution in [0.15, 0.2) is 60.7 Å². The standard InChI is InChI=1S/C30H36N4O3/c1-5-34(32)27-14-13-24(19(2)29(27)31)26(18-28(35)37-4)23-12-11-21-15-16-33(20(3)25(21)17-23)30(36)22-9-7-6-8-10-22/h6-14,17,20,26H,5,15-16,18,31-32H2,1-4H3. The molecule has 0 spiro atoms. The van der Waals surface area contributed by atoms with Crippen molar-refractivity contribution >= 4 is 23.3 Å². The van der Waals surface area contributed by atoms with E-state index in [1.165, 1.54) is 12.7 Å². The van der Waals surface area contributed by atoms with Crippen LogP contribution in [0, 0.1) is 6.92 Å². The molecule has 0 radical (unpaired) electrons. The fourth-order valence-electron chi connectivity index (χ4n) is 5.26. The number of nitrogens with zero attached hydrogens (tertiary/aromatic N) is 2. The van der Waals surface area contributed by atoms with E-state index in [1.807, 2.05) is 61.2 Å². The summed E-state index contributed by atoms with van der Waals surface area (Å²) in [4.78, 5) is 27.7. The SMILES string of the molecule is CCN(N)c1ccc(C(CC(=O)OC)c2ccc3c(c2)C(C)N(C(=O)c2ccccc2)CC3)c(C)c1N. The number of carbonyl (C=O) groups is 2. The quantitative estimate of drug-likeness (QED) is 0.210. The smallest absolute Gasteiger partial charge is 0.306 e. The van der Waals surface area contributed by atoms with Crippen molar-refractivity contribution in [3.8, 4) is 0 Å². The highest BCUT2D eigenvalue weighted by molar-refractivity contribution is 5.94. The third-order valence-electron chi connectivity index (χ3n) is 7.55. The van der Waals surface area contributed by atoms with Gasteiger partial charge in [-0.2, -0.15) is 0 Å². The normalized spacial score (nSPS) is 15.6. The molecule has 0 aromatic heterocycles. The van der Waals surface area contributed by atoms with Gasteiger partial charge in [-0.1, -0.05) is 42.5 Å². The molecule has 0 bridgehead atoms. The van der Waals surface area contributed by atoms with Crippen molar-refractivity contribution in [2.24, 2.45) is 5.84 Å². The van der Waals surface area contributed by atoms with Crippen molar-refractivity contribution in [1.82, 2.24) is 4.90 Å². The molecule has 3 aromatic rings. The van der Waals surface area contributed by atoms with Crippen LogP contribution in [0.2, 0.25) is 0 Å². The number of fused-ring (bicyclic) bond motifs is 1. The second-order valence-electron chi connectivity index (χ2n) is 9.58. The van der Waals surface area contributed by atoms with Crippen LogP contribution in [-0.2, 0) is 16.0 Å². The average Bonchev–Trinajstić information content (AvgIpc) is 2.93. The molecule has 1 amide bonds. The molecule has 0 saturated heterocycles. The Balaban J connectivity index is 1.74. The molecule has 4 N–H and O–H groups in total. The molecule has 1 aliphatic rings. The van der Waals surface area contributed by atoms with Gasteiger partial charge in [0.25, 0.3) is 5.91 Å². The first-order valence-electron chi connectivity index (χ1n) is 12.7. The van der Waals surface area contributed by atoms with E-state index in [0.717, 1.165) is 34.4 Å². The Hall–Kier alpha value is -3.84. The fraction of sp³-hybridized carbons (Fsp3) is 0.333. The van der Waals surface area contributed by atoms with Gasteiger partial charge in [0.15, 0.2) is 0 Å². The van der Waals surface area contributed by atoms with Gasteiger partial charge in [-0.3, -0.25) is 9.59 Å². The third kappa shape index (κ3) is 5.18. The molecule has 0 fully saturated rings. The van der Waals surface area contributed by atoms with Crippen LogP contribution < -0.4 is 16.6 Å². The molecular weight excluding hydrogens is 464 g/mol. The summed E-state index contributed by atoms with van der Waals surface area (Å²) in [5.74, 6) is 5.59. The Kier molecular flexibility index (Phi) is 7.83. The minimum atomic E-state index is -0.298. The lowest BCUT2D eigenvalue weighted by molar-refractivity contribution is -0.140. The highest BCUT2D eigenvalue weighted by Gasteiger charge is 2.30. The van der Waals surface area contributed by atoms with Crippen molar-refractivity contribution in [3.63, 3.8) is 0 Å². The molecule has 0 saturated carbocycles. The maximum absolute atomic E-state index is 13.3. The summed E-state index contributed by atoms with van der Waals surface area (Å²) in [5.41, 5.74) is 13.7. The van der Waals surface area contributed by atoms with Gasteiger partial charge in [-0.05, 0) is 73.2 Å². The summed E-state index contributed by atoms with van der Waals surface area (Å²) in [7, 11) is 1.40. The minimum Gasteiger partial charge on any atom is -0.469 e. The van der Waals surface area contributed by atoms with Crippen molar-refractivity contribution < 1.29 is 14.3 Å². The highest BCUT2D eigenvalue weighted by atomic mass is 16.5. The largest absolute Gasteiger partial charge is 0.469 e. The number of amides is 1. The molecular formula is C30H36N4O3. The number of hydrazine groups is 1. The highest BCUT2D eigenvalue weighted by Crippen LogP contribution is 2.39. The molecule has 194 valence electrons. The van der Waals surface area contributed by atoms with Crippen molar-refractivity contribution in [3.05, 3.63) is 94.0 Å². The Morgan fingerprint density at radius 3 is 2.54 bits per heavy atom. The number of rotatable bonds is 7. The summed E-state index contributed by atoms with van der Waals surface area (Å²) >= 11 is 0. The molecule has 37 heavy (non-hydrogen) atoms. The van der Waals surface area contributed by atoms with E-state index in [1.54, 1.807) is 5.01 Å². The van der Waals surface area contributed by atoms with Crippen molar-refractivity contribution in [1.29, 1.82) is 0 Å². The van der Waals surface area contributed by atoms with Gasteiger partial charge in [0.2, 0.25) is 0 Å². The van der Waals surface area contributed by atoms with Gasteiger partial charge >= 0.3 is 5.97 Å². The molecule has 7 heteroatoms. The summed E-state index contributed by atoms with van der Waals surface area (Å²) in [5, 5.41) is 1.61. The lowest BCUT2D eigenvalue weighted by atomic mass is 9.82. The van der Waals surface area contributed by atoms with Gasteiger partial charge in [0, 0.05) is 24.6 Å². The van der Waals surface area contributed by atoms with Crippen molar-refractivity contribution in [2.45, 2.75) is 45.6 Å². The van der Waals surface area contributed by atoms with Gasteiger partial charge in [-0.25, -0.2) is 5.84 Å². The molecule has 2 unspecified atom stereocenters. The molecule has 2 atom stereocenters. The van der Waals surface area contributed by atoms with Crippen LogP contribution in [0.25, 0.3) is 0 Å². The monoisotopic (exact) mass is 500 g/mol. The van der Waals surface area contributed by atoms with E-state index >= 15 is 0 Å². The number of anilines is 2. The summed E-state index contributed by atoms with van der Waals surface area (Å²) in [6, 6.07) is 19.5. The summed E-state index contributed by atoms with van der Waals surface area (Å²) in [6.45, 7) is 7.27. The summed E-state index contributed by atoms with van der Waals surface area (Å²) in [6.07, 6.45) is 0.959. The van der Waals surface area contributed by atoms with Crippen LogP contribution >= 0.6 is 0 Å². The number of carbonyl (C=O) groups excluding carboxylic acids is 2. The van der Waals surface area contributed by atoms with E-state index in [0.29, 0.717) is 24.3 Å². The maximum atomic E-state index is 13.3. The van der Waals surface area contributed by atoms with Crippen LogP contribution in [0.3, 0.4) is 0 Å². The third-order valence-corrected chi connectivity index (χ3v) is 7.55. The zero-order chi connectivity index (χ0) is 26.7. The Morgan fingerprint density at radius 1 is 1.14 bits per heavy atom. The van der Waals surface area contributed by atoms with Gasteiger partial charge in [0.1, 0.15) is 0 Å². The number of esters is 1. The first kappa shape index (κ1) is 26.2. The van der Waals surface area contributed by atoms with E-state index in [9.17, 15) is 9.59 Å². The number of benzene rings is 3. The van der Waals surface area contributed by atoms with E-state index < -0.39 is 0 Å². The van der Waals surface area contributed by atoms with Crippen LogP contribution in [0.5, 0.6) is 0 Å². The number of hydrogen-bond donors (Lipinski definition) is 2. The van der Waals surface area contributed by atoms with E-state index in [2.05, 4.69) is 25.1 Å². The number of nitrogen functional groups attached to an aromatic ring is 1. The van der Waals surface area contributed by atoms with E-state index in [4.69, 9.17) is 16.3 Å². The zero-order valence-corrected chi connectivity index (χ0v) is 22.0. The minimum absolute atomic E-state index is 0.0248. The van der Waals surface area contributed by atoms with Crippen molar-refractivity contribution in [2.75, 3.05) is 30.9 Å². The van der Waals surface area contributed by atoms with Gasteiger partial charge in [-0.15, -0.1) is 0 Å². The van der Waals surface area contributed by atoms with Crippen LogP contribution in [0.1, 0.15) is 70.4 Å². The number of ether oxygens (including phenoxy) is 1. The topological polar surface area (TPSA) is 102 Å². The van der Waals surface area contributed by atoms with Gasteiger partial charge in [0.05, 0.1) is 30.9 Å². The molecule has 1 heterocycles. The average molecular weight is 501 g/mol. The predicted molar refractivity (Wildman–Crippen MR) is 147 cm³/mol. The molecule has 3 aromatic carbocycles. The first-order chi connectivity index (χ1) is 17.8. The number of nitrogens with two attached hydrogens (primary N) is 2. The van der Waals surface area contributed by atoms with Crippen LogP contribution in [-0.4, -0.2) is 37.0 Å². The lowest BCUT2D eigenvalue weighted by Gasteiger charge is -2.36. The summed E-state index contributed by atoms with van der Waals surface area (Å²) < 4.78 is 5.05. The Labute approximate surface area is 219 Å². The predicted octanol–water partition coefficient (Wildman–Crippen LogP) is 4.73. The first-order valence-corrected chi connectivity index (χ1v) is 12.7. The van der Waals surface area contributed by atoms with E-state index in [-0.39, 0.29) is 30.3 Å². The molecule has 1 aliphatic heterocycles. The Morgan fingerprint density at radius 2 is 1.86 bits per heavy atom. The number of methoxy groups -OCH3 is 1. The molecule has 0 aliphatic carbocycles. The molecule has 7 nitrogen and oxygen atoms in total. The van der Waals surface area contributed by atoms with Crippen LogP contribution in [0.4, 0.5) is 11.4 Å².